The number of hydrogen-bond acceptors (Lipinski definition) is 2. The van der Waals surface area contributed by atoms with Crippen LogP contribution in [0.15, 0.2) is 12.8 Å². The van der Waals surface area contributed by atoms with Crippen molar-refractivity contribution in [2.24, 2.45) is 0 Å². The molecular weight excluding hydrogens is 116 g/mol. The summed E-state index contributed by atoms with van der Waals surface area (Å²) in [4.78, 5) is 0. The average Bonchev–Trinajstić information content (AvgIpc) is 1.80. The first-order chi connectivity index (χ1) is 4.27. The van der Waals surface area contributed by atoms with Crippen molar-refractivity contribution < 1.29 is 9.47 Å². The van der Waals surface area contributed by atoms with Gasteiger partial charge in [-0.15, -0.1) is 0 Å². The highest BCUT2D eigenvalue weighted by Gasteiger charge is 1.90. The van der Waals surface area contributed by atoms with Crippen molar-refractivity contribution in [3.05, 3.63) is 19.8 Å². The first-order valence-electron chi connectivity index (χ1n) is 2.94. The monoisotopic (exact) mass is 129 g/mol. The van der Waals surface area contributed by atoms with Gasteiger partial charge in [0.2, 0.25) is 0 Å². The van der Waals surface area contributed by atoms with Crippen LogP contribution in [0.1, 0.15) is 6.92 Å². The van der Waals surface area contributed by atoms with Gasteiger partial charge >= 0.3 is 0 Å². The van der Waals surface area contributed by atoms with Crippen molar-refractivity contribution in [2.45, 2.75) is 13.0 Å². The molecule has 0 saturated heterocycles. The predicted molar refractivity (Wildman–Crippen MR) is 36.9 cm³/mol. The summed E-state index contributed by atoms with van der Waals surface area (Å²) in [7, 11) is 0. The molecule has 0 spiro atoms. The maximum absolute atomic E-state index is 5.06. The first kappa shape index (κ1) is 8.50. The van der Waals surface area contributed by atoms with Crippen molar-refractivity contribution >= 4 is 0 Å². The second kappa shape index (κ2) is 5.63. The van der Waals surface area contributed by atoms with E-state index in [1.807, 2.05) is 6.92 Å². The van der Waals surface area contributed by atoms with Crippen LogP contribution in [0, 0.1) is 6.92 Å². The molecule has 0 aliphatic rings. The van der Waals surface area contributed by atoms with E-state index in [2.05, 4.69) is 13.5 Å². The van der Waals surface area contributed by atoms with Gasteiger partial charge in [0.1, 0.15) is 6.61 Å². The summed E-state index contributed by atoms with van der Waals surface area (Å²) in [5.74, 6) is 0. The number of rotatable bonds is 5. The van der Waals surface area contributed by atoms with Crippen LogP contribution in [0.2, 0.25) is 0 Å². The van der Waals surface area contributed by atoms with Gasteiger partial charge in [0.25, 0.3) is 0 Å². The summed E-state index contributed by atoms with van der Waals surface area (Å²) in [5, 5.41) is 0. The summed E-state index contributed by atoms with van der Waals surface area (Å²) >= 11 is 0. The molecule has 0 aromatic rings. The lowest BCUT2D eigenvalue weighted by atomic mass is 10.5. The molecule has 9 heavy (non-hydrogen) atoms. The maximum atomic E-state index is 5.06. The molecule has 0 rings (SSSR count). The van der Waals surface area contributed by atoms with Crippen molar-refractivity contribution in [1.82, 2.24) is 0 Å². The molecule has 0 saturated carbocycles. The lowest BCUT2D eigenvalue weighted by molar-refractivity contribution is 0.0574. The molecule has 0 fully saturated rings. The molecule has 0 bridgehead atoms. The third kappa shape index (κ3) is 7.50. The highest BCUT2D eigenvalue weighted by atomic mass is 16.5. The topological polar surface area (TPSA) is 18.5 Å². The Morgan fingerprint density at radius 1 is 1.56 bits per heavy atom. The van der Waals surface area contributed by atoms with Gasteiger partial charge in [-0.05, 0) is 13.8 Å². The van der Waals surface area contributed by atoms with Crippen LogP contribution < -0.4 is 0 Å². The van der Waals surface area contributed by atoms with Crippen LogP contribution in [0.5, 0.6) is 0 Å². The Kier molecular flexibility index (Phi) is 5.32. The van der Waals surface area contributed by atoms with Crippen LogP contribution in [0.4, 0.5) is 0 Å². The normalized spacial score (nSPS) is 9.67. The fourth-order valence-electron chi connectivity index (χ4n) is 0.381. The Morgan fingerprint density at radius 3 is 2.67 bits per heavy atom. The van der Waals surface area contributed by atoms with E-state index in [0.29, 0.717) is 13.2 Å². The Morgan fingerprint density at radius 2 is 2.22 bits per heavy atom. The summed E-state index contributed by atoms with van der Waals surface area (Å²) in [6.45, 7) is 10.0. The van der Waals surface area contributed by atoms with Crippen molar-refractivity contribution in [1.29, 1.82) is 0 Å². The van der Waals surface area contributed by atoms with Gasteiger partial charge < -0.3 is 9.47 Å². The first-order valence-corrected chi connectivity index (χ1v) is 2.94. The molecule has 1 atom stereocenters. The Balaban J connectivity index is 2.82. The summed E-state index contributed by atoms with van der Waals surface area (Å²) in [6.07, 6.45) is 1.44. The zero-order valence-corrected chi connectivity index (χ0v) is 5.80. The van der Waals surface area contributed by atoms with Crippen LogP contribution >= 0.6 is 0 Å². The Hall–Kier alpha value is -0.500. The number of hydrogen-bond donors (Lipinski definition) is 0. The summed E-state index contributed by atoms with van der Waals surface area (Å²) in [6, 6.07) is 0. The van der Waals surface area contributed by atoms with E-state index in [1.165, 1.54) is 6.26 Å². The van der Waals surface area contributed by atoms with Gasteiger partial charge in [0, 0.05) is 0 Å². The van der Waals surface area contributed by atoms with Gasteiger partial charge in [-0.3, -0.25) is 0 Å². The zero-order valence-electron chi connectivity index (χ0n) is 5.80. The average molecular weight is 129 g/mol. The molecule has 1 unspecified atom stereocenters. The predicted octanol–water partition coefficient (Wildman–Crippen LogP) is 1.39. The second-order valence-electron chi connectivity index (χ2n) is 1.72. The number of ether oxygens (including phenoxy) is 2. The van der Waals surface area contributed by atoms with E-state index in [4.69, 9.17) is 9.47 Å². The van der Waals surface area contributed by atoms with E-state index in [1.54, 1.807) is 0 Å². The Labute approximate surface area is 56.5 Å². The lowest BCUT2D eigenvalue weighted by Crippen LogP contribution is -2.07. The van der Waals surface area contributed by atoms with Gasteiger partial charge in [0.05, 0.1) is 19.0 Å². The van der Waals surface area contributed by atoms with Gasteiger partial charge in [-0.25, -0.2) is 0 Å². The molecule has 0 aliphatic heterocycles. The highest BCUT2D eigenvalue weighted by Crippen LogP contribution is 1.85. The molecule has 0 aromatic heterocycles. The standard InChI is InChI=1S/C7H13O2/c1-4-8-5-6-9-7(2)3/h4,7H,1-2,5-6H2,3H3. The molecule has 0 heterocycles. The minimum atomic E-state index is 0.0402. The van der Waals surface area contributed by atoms with Crippen molar-refractivity contribution in [2.75, 3.05) is 13.2 Å². The molecule has 0 aromatic carbocycles. The van der Waals surface area contributed by atoms with Crippen LogP contribution in [0.3, 0.4) is 0 Å². The van der Waals surface area contributed by atoms with E-state index in [-0.39, 0.29) is 6.10 Å². The fourth-order valence-corrected chi connectivity index (χ4v) is 0.381. The smallest absolute Gasteiger partial charge is 0.111 e. The molecular formula is C7H13O2. The lowest BCUT2D eigenvalue weighted by Gasteiger charge is -2.05. The second-order valence-corrected chi connectivity index (χ2v) is 1.72. The van der Waals surface area contributed by atoms with Crippen molar-refractivity contribution in [3.63, 3.8) is 0 Å². The zero-order chi connectivity index (χ0) is 7.11. The highest BCUT2D eigenvalue weighted by molar-refractivity contribution is 4.51. The van der Waals surface area contributed by atoms with E-state index >= 15 is 0 Å². The minimum Gasteiger partial charge on any atom is -0.499 e. The Bertz CT molecular complexity index is 69.3. The maximum Gasteiger partial charge on any atom is 0.111 e. The van der Waals surface area contributed by atoms with Crippen LogP contribution in [-0.2, 0) is 9.47 Å². The van der Waals surface area contributed by atoms with E-state index in [0.717, 1.165) is 0 Å². The van der Waals surface area contributed by atoms with Gasteiger partial charge in [0.15, 0.2) is 0 Å². The SMILES string of the molecule is [CH2]C(C)OCCOC=C. The summed E-state index contributed by atoms with van der Waals surface area (Å²) < 4.78 is 9.86. The third-order valence-electron chi connectivity index (χ3n) is 0.721. The largest absolute Gasteiger partial charge is 0.499 e. The third-order valence-corrected chi connectivity index (χ3v) is 0.721. The molecule has 53 valence electrons. The van der Waals surface area contributed by atoms with Crippen LogP contribution in [0.25, 0.3) is 0 Å². The molecule has 2 heteroatoms. The van der Waals surface area contributed by atoms with E-state index in [9.17, 15) is 0 Å². The minimum absolute atomic E-state index is 0.0402. The summed E-state index contributed by atoms with van der Waals surface area (Å²) in [5.41, 5.74) is 0. The van der Waals surface area contributed by atoms with E-state index < -0.39 is 0 Å². The van der Waals surface area contributed by atoms with Gasteiger partial charge in [-0.2, -0.15) is 0 Å². The quantitative estimate of drug-likeness (QED) is 0.412. The molecule has 0 N–H and O–H groups in total. The molecule has 2 nitrogen and oxygen atoms in total. The van der Waals surface area contributed by atoms with Crippen LogP contribution in [-0.4, -0.2) is 19.3 Å². The molecule has 0 aliphatic carbocycles. The molecule has 0 amide bonds. The van der Waals surface area contributed by atoms with Gasteiger partial charge in [-0.1, -0.05) is 6.58 Å². The fraction of sp³-hybridized carbons (Fsp3) is 0.571. The van der Waals surface area contributed by atoms with Crippen molar-refractivity contribution in [3.8, 4) is 0 Å². The molecule has 1 radical (unpaired) electrons.